The summed E-state index contributed by atoms with van der Waals surface area (Å²) in [5.74, 6) is -4.93. The average molecular weight is 487 g/mol. The summed E-state index contributed by atoms with van der Waals surface area (Å²) in [6.07, 6.45) is 0.752. The molecule has 0 unspecified atom stereocenters. The number of aromatic nitrogens is 1. The first kappa shape index (κ1) is 24.7. The van der Waals surface area contributed by atoms with Gasteiger partial charge in [-0.05, 0) is 43.7 Å². The fourth-order valence-corrected chi connectivity index (χ4v) is 3.98. The van der Waals surface area contributed by atoms with E-state index in [0.29, 0.717) is 12.6 Å². The van der Waals surface area contributed by atoms with E-state index in [1.807, 2.05) is 0 Å². The number of hydrogen-bond donors (Lipinski definition) is 3. The van der Waals surface area contributed by atoms with Crippen molar-refractivity contribution in [3.05, 3.63) is 40.7 Å². The van der Waals surface area contributed by atoms with Crippen LogP contribution in [0.25, 0.3) is 0 Å². The third kappa shape index (κ3) is 6.55. The van der Waals surface area contributed by atoms with E-state index in [2.05, 4.69) is 31.9 Å². The van der Waals surface area contributed by atoms with E-state index in [1.165, 1.54) is 0 Å². The molecular weight excluding hydrogens is 461 g/mol. The number of piperazine rings is 1. The van der Waals surface area contributed by atoms with Crippen molar-refractivity contribution < 1.29 is 27.5 Å². The first-order valence-corrected chi connectivity index (χ1v) is 11.0. The van der Waals surface area contributed by atoms with E-state index < -0.39 is 41.6 Å². The van der Waals surface area contributed by atoms with Crippen molar-refractivity contribution >= 4 is 28.5 Å². The second-order valence-electron chi connectivity index (χ2n) is 7.55. The first-order chi connectivity index (χ1) is 15.8. The summed E-state index contributed by atoms with van der Waals surface area (Å²) < 4.78 is 50.0. The number of benzene rings is 1. The van der Waals surface area contributed by atoms with Crippen LogP contribution in [0.3, 0.4) is 0 Å². The number of primary amides is 1. The molecule has 0 bridgehead atoms. The Hall–Kier alpha value is -2.90. The number of urea groups is 1. The van der Waals surface area contributed by atoms with Crippen LogP contribution < -0.4 is 21.1 Å². The molecule has 1 aliphatic rings. The Morgan fingerprint density at radius 2 is 1.88 bits per heavy atom. The molecule has 0 aliphatic carbocycles. The Balaban J connectivity index is 1.53. The molecular formula is C20H25F3N6O3S. The van der Waals surface area contributed by atoms with Gasteiger partial charge < -0.3 is 25.6 Å². The predicted molar refractivity (Wildman–Crippen MR) is 117 cm³/mol. The van der Waals surface area contributed by atoms with Crippen LogP contribution in [-0.4, -0.2) is 72.4 Å². The van der Waals surface area contributed by atoms with Crippen molar-refractivity contribution in [1.82, 2.24) is 19.5 Å². The number of halogens is 3. The molecule has 1 saturated heterocycles. The van der Waals surface area contributed by atoms with Crippen LogP contribution in [0.5, 0.6) is 5.88 Å². The van der Waals surface area contributed by atoms with Gasteiger partial charge in [-0.2, -0.15) is 4.37 Å². The van der Waals surface area contributed by atoms with Gasteiger partial charge in [0.2, 0.25) is 5.88 Å². The quantitative estimate of drug-likeness (QED) is 0.369. The lowest BCUT2D eigenvalue weighted by Gasteiger charge is -2.32. The number of likely N-dealkylation sites (N-methyl/N-ethyl adjacent to an activating group) is 1. The molecule has 1 aromatic heterocycles. The smallest absolute Gasteiger partial charge is 0.319 e. The number of nitrogens with zero attached hydrogens (tertiary/aromatic N) is 3. The normalized spacial score (nSPS) is 14.8. The highest BCUT2D eigenvalue weighted by Crippen LogP contribution is 2.31. The van der Waals surface area contributed by atoms with Gasteiger partial charge in [-0.15, -0.1) is 0 Å². The minimum Gasteiger partial charge on any atom is -0.471 e. The lowest BCUT2D eigenvalue weighted by atomic mass is 10.2. The highest BCUT2D eigenvalue weighted by molar-refractivity contribution is 7.11. The van der Waals surface area contributed by atoms with Crippen molar-refractivity contribution in [2.24, 2.45) is 5.73 Å². The van der Waals surface area contributed by atoms with E-state index in [4.69, 9.17) is 10.5 Å². The molecule has 9 nitrogen and oxygen atoms in total. The SMILES string of the molecule is CN1CCN(CCCNC(=O)Nc2snc(OCc3c(F)ccc(F)c3F)c2C(N)=O)CC1. The largest absolute Gasteiger partial charge is 0.471 e. The minimum atomic E-state index is -1.40. The Bertz CT molecular complexity index is 998. The fourth-order valence-electron chi connectivity index (χ4n) is 3.24. The summed E-state index contributed by atoms with van der Waals surface area (Å²) in [6, 6.07) is 0.847. The van der Waals surface area contributed by atoms with E-state index in [1.54, 1.807) is 0 Å². The van der Waals surface area contributed by atoms with Gasteiger partial charge in [0.25, 0.3) is 5.91 Å². The standard InChI is InChI=1S/C20H25F3N6O3S/c1-28-7-9-29(10-8-28)6-2-5-25-20(31)26-19-15(17(24)30)18(27-33-19)32-11-12-13(21)3-4-14(22)16(12)23/h3-4H,2,5-11H2,1H3,(H2,24,30)(H2,25,26,31). The van der Waals surface area contributed by atoms with Gasteiger partial charge in [-0.3, -0.25) is 10.1 Å². The number of carbonyl (C=O) groups excluding carboxylic acids is 2. The summed E-state index contributed by atoms with van der Waals surface area (Å²) >= 11 is 0.719. The lowest BCUT2D eigenvalue weighted by Crippen LogP contribution is -2.45. The Labute approximate surface area is 192 Å². The number of ether oxygens (including phenoxy) is 1. The zero-order valence-corrected chi connectivity index (χ0v) is 18.8. The Morgan fingerprint density at radius 1 is 1.18 bits per heavy atom. The molecule has 1 aromatic carbocycles. The number of carbonyl (C=O) groups is 2. The molecule has 2 aromatic rings. The van der Waals surface area contributed by atoms with E-state index in [0.717, 1.165) is 56.7 Å². The summed E-state index contributed by atoms with van der Waals surface area (Å²) in [4.78, 5) is 28.6. The maximum atomic E-state index is 13.8. The Morgan fingerprint density at radius 3 is 2.58 bits per heavy atom. The van der Waals surface area contributed by atoms with Gasteiger partial charge in [0.15, 0.2) is 11.6 Å². The second-order valence-corrected chi connectivity index (χ2v) is 8.32. The molecule has 0 radical (unpaired) electrons. The third-order valence-corrected chi connectivity index (χ3v) is 5.90. The van der Waals surface area contributed by atoms with E-state index in [9.17, 15) is 22.8 Å². The van der Waals surface area contributed by atoms with Crippen LogP contribution in [-0.2, 0) is 6.61 Å². The highest BCUT2D eigenvalue weighted by Gasteiger charge is 2.23. The van der Waals surface area contributed by atoms with E-state index in [-0.39, 0.29) is 16.4 Å². The molecule has 2 heterocycles. The molecule has 0 saturated carbocycles. The van der Waals surface area contributed by atoms with Gasteiger partial charge >= 0.3 is 6.03 Å². The molecule has 3 amide bonds. The first-order valence-electron chi connectivity index (χ1n) is 10.3. The van der Waals surface area contributed by atoms with Crippen molar-refractivity contribution in [2.75, 3.05) is 51.6 Å². The molecule has 0 atom stereocenters. The Kier molecular flexibility index (Phi) is 8.47. The molecule has 3 rings (SSSR count). The summed E-state index contributed by atoms with van der Waals surface area (Å²) in [5.41, 5.74) is 4.45. The summed E-state index contributed by atoms with van der Waals surface area (Å²) in [6.45, 7) is 4.54. The number of nitrogens with two attached hydrogens (primary N) is 1. The maximum absolute atomic E-state index is 13.8. The molecule has 13 heteroatoms. The molecule has 4 N–H and O–H groups in total. The van der Waals surface area contributed by atoms with Crippen molar-refractivity contribution in [2.45, 2.75) is 13.0 Å². The second kappa shape index (κ2) is 11.3. The number of anilines is 1. The maximum Gasteiger partial charge on any atom is 0.319 e. The van der Waals surface area contributed by atoms with Crippen molar-refractivity contribution in [3.63, 3.8) is 0 Å². The zero-order chi connectivity index (χ0) is 24.0. The molecule has 1 aliphatic heterocycles. The van der Waals surface area contributed by atoms with Gasteiger partial charge in [-0.1, -0.05) is 0 Å². The fraction of sp³-hybridized carbons (Fsp3) is 0.450. The van der Waals surface area contributed by atoms with Gasteiger partial charge in [0.1, 0.15) is 23.0 Å². The third-order valence-electron chi connectivity index (χ3n) is 5.16. The van der Waals surface area contributed by atoms with Gasteiger partial charge in [0.05, 0.1) is 5.56 Å². The highest BCUT2D eigenvalue weighted by atomic mass is 32.1. The van der Waals surface area contributed by atoms with Crippen molar-refractivity contribution in [1.29, 1.82) is 0 Å². The van der Waals surface area contributed by atoms with Crippen LogP contribution >= 0.6 is 11.5 Å². The van der Waals surface area contributed by atoms with E-state index >= 15 is 0 Å². The monoisotopic (exact) mass is 486 g/mol. The number of hydrogen-bond acceptors (Lipinski definition) is 7. The van der Waals surface area contributed by atoms with Crippen molar-refractivity contribution in [3.8, 4) is 5.88 Å². The van der Waals surface area contributed by atoms with Crippen LogP contribution in [0.1, 0.15) is 22.3 Å². The number of nitrogens with one attached hydrogen (secondary N) is 2. The number of rotatable bonds is 9. The molecule has 1 fully saturated rings. The summed E-state index contributed by atoms with van der Waals surface area (Å²) in [7, 11) is 2.08. The molecule has 33 heavy (non-hydrogen) atoms. The minimum absolute atomic E-state index is 0.0225. The predicted octanol–water partition coefficient (Wildman–Crippen LogP) is 2.00. The topological polar surface area (TPSA) is 113 Å². The molecule has 180 valence electrons. The summed E-state index contributed by atoms with van der Waals surface area (Å²) in [5, 5.41) is 5.20. The van der Waals surface area contributed by atoms with Crippen LogP contribution in [0.2, 0.25) is 0 Å². The van der Waals surface area contributed by atoms with Crippen LogP contribution in [0, 0.1) is 17.5 Å². The lowest BCUT2D eigenvalue weighted by molar-refractivity contribution is 0.0996. The van der Waals surface area contributed by atoms with Crippen LogP contribution in [0.4, 0.5) is 23.0 Å². The van der Waals surface area contributed by atoms with Gasteiger partial charge in [0, 0.05) is 32.7 Å². The van der Waals surface area contributed by atoms with Gasteiger partial charge in [-0.25, -0.2) is 18.0 Å². The number of amides is 3. The van der Waals surface area contributed by atoms with Crippen LogP contribution in [0.15, 0.2) is 12.1 Å². The molecule has 0 spiro atoms. The zero-order valence-electron chi connectivity index (χ0n) is 18.0. The average Bonchev–Trinajstić information content (AvgIpc) is 3.17.